The Balaban J connectivity index is 2.58. The number of aromatic hydroxyl groups is 1. The van der Waals surface area contributed by atoms with Crippen LogP contribution in [0.4, 0.5) is 0 Å². The van der Waals surface area contributed by atoms with Crippen molar-refractivity contribution in [2.75, 3.05) is 6.54 Å². The number of benzene rings is 1. The highest BCUT2D eigenvalue weighted by atomic mass is 35.5. The maximum absolute atomic E-state index is 11.8. The van der Waals surface area contributed by atoms with E-state index in [9.17, 15) is 14.7 Å². The molecule has 1 aromatic heterocycles. The molecule has 0 aliphatic carbocycles. The number of hydrogen-bond donors (Lipinski definition) is 3. The van der Waals surface area contributed by atoms with Crippen LogP contribution in [0, 0.1) is 11.3 Å². The fourth-order valence-corrected chi connectivity index (χ4v) is 1.93. The zero-order valence-corrected chi connectivity index (χ0v) is 11.2. The number of rotatable bonds is 3. The van der Waals surface area contributed by atoms with Crippen molar-refractivity contribution in [3.63, 3.8) is 0 Å². The lowest BCUT2D eigenvalue weighted by Crippen LogP contribution is -2.30. The Hall–Kier alpha value is -2.85. The van der Waals surface area contributed by atoms with Gasteiger partial charge < -0.3 is 15.5 Å². The zero-order chi connectivity index (χ0) is 15.6. The average Bonchev–Trinajstić information content (AvgIpc) is 2.45. The largest absolute Gasteiger partial charge is 0.505 e. The summed E-state index contributed by atoms with van der Waals surface area (Å²) in [6.45, 7) is -0.625. The Kier molecular flexibility index (Phi) is 3.91. The predicted molar refractivity (Wildman–Crippen MR) is 73.1 cm³/mol. The van der Waals surface area contributed by atoms with Crippen molar-refractivity contribution in [1.82, 2.24) is 10.3 Å². The summed E-state index contributed by atoms with van der Waals surface area (Å²) in [5, 5.41) is 30.6. The molecule has 8 heteroatoms. The molecule has 1 amide bonds. The van der Waals surface area contributed by atoms with Crippen LogP contribution in [0.1, 0.15) is 16.2 Å². The van der Waals surface area contributed by atoms with Crippen molar-refractivity contribution in [3.05, 3.63) is 34.6 Å². The first kappa shape index (κ1) is 14.6. The number of nitriles is 1. The van der Waals surface area contributed by atoms with Gasteiger partial charge in [-0.05, 0) is 18.2 Å². The molecule has 0 aliphatic rings. The first-order valence-electron chi connectivity index (χ1n) is 5.66. The van der Waals surface area contributed by atoms with Crippen molar-refractivity contribution < 1.29 is 19.8 Å². The second kappa shape index (κ2) is 5.64. The first-order valence-corrected chi connectivity index (χ1v) is 6.04. The van der Waals surface area contributed by atoms with Crippen molar-refractivity contribution >= 4 is 34.2 Å². The number of aliphatic carboxylic acids is 1. The van der Waals surface area contributed by atoms with E-state index in [4.69, 9.17) is 22.0 Å². The summed E-state index contributed by atoms with van der Waals surface area (Å²) in [5.41, 5.74) is -0.506. The number of carbonyl (C=O) groups is 2. The Bertz CT molecular complexity index is 798. The van der Waals surface area contributed by atoms with Crippen LogP contribution in [-0.2, 0) is 4.79 Å². The lowest BCUT2D eigenvalue weighted by Gasteiger charge is -2.08. The highest BCUT2D eigenvalue weighted by Gasteiger charge is 2.19. The Morgan fingerprint density at radius 2 is 2.10 bits per heavy atom. The van der Waals surface area contributed by atoms with E-state index in [0.29, 0.717) is 10.4 Å². The van der Waals surface area contributed by atoms with Gasteiger partial charge in [-0.3, -0.25) is 9.59 Å². The number of halogens is 1. The van der Waals surface area contributed by atoms with E-state index < -0.39 is 29.9 Å². The third-order valence-corrected chi connectivity index (χ3v) is 2.90. The number of nitrogens with one attached hydrogen (secondary N) is 1. The second-order valence-electron chi connectivity index (χ2n) is 4.04. The molecular weight excluding hydrogens is 298 g/mol. The standard InChI is InChI=1S/C13H8ClN3O4/c14-6-1-2-7-8(3-6)9(4-15)17-11(12(7)20)13(21)16-5-10(18)19/h1-3,20H,5H2,(H,16,21)(H,18,19). The van der Waals surface area contributed by atoms with E-state index >= 15 is 0 Å². The summed E-state index contributed by atoms with van der Waals surface area (Å²) < 4.78 is 0. The van der Waals surface area contributed by atoms with Crippen LogP contribution in [-0.4, -0.2) is 33.6 Å². The van der Waals surface area contributed by atoms with Crippen molar-refractivity contribution in [2.24, 2.45) is 0 Å². The van der Waals surface area contributed by atoms with E-state index in [1.54, 1.807) is 0 Å². The average molecular weight is 306 g/mol. The molecule has 0 spiro atoms. The lowest BCUT2D eigenvalue weighted by molar-refractivity contribution is -0.135. The third-order valence-electron chi connectivity index (χ3n) is 2.66. The van der Waals surface area contributed by atoms with Crippen molar-refractivity contribution in [2.45, 2.75) is 0 Å². The molecule has 0 saturated carbocycles. The first-order chi connectivity index (χ1) is 9.93. The normalized spacial score (nSPS) is 10.1. The highest BCUT2D eigenvalue weighted by molar-refractivity contribution is 6.31. The van der Waals surface area contributed by atoms with Crippen LogP contribution >= 0.6 is 11.6 Å². The van der Waals surface area contributed by atoms with Gasteiger partial charge in [0.15, 0.2) is 11.4 Å². The molecule has 1 aromatic carbocycles. The van der Waals surface area contributed by atoms with Gasteiger partial charge in [0, 0.05) is 15.8 Å². The van der Waals surface area contributed by atoms with Gasteiger partial charge in [0.1, 0.15) is 18.3 Å². The van der Waals surface area contributed by atoms with Gasteiger partial charge in [-0.2, -0.15) is 5.26 Å². The molecule has 21 heavy (non-hydrogen) atoms. The number of carboxylic acid groups (broad SMARTS) is 1. The third kappa shape index (κ3) is 2.85. The number of carboxylic acids is 1. The maximum atomic E-state index is 11.8. The van der Waals surface area contributed by atoms with Gasteiger partial charge in [0.2, 0.25) is 0 Å². The van der Waals surface area contributed by atoms with Gasteiger partial charge in [-0.1, -0.05) is 11.6 Å². The van der Waals surface area contributed by atoms with Gasteiger partial charge in [0.25, 0.3) is 5.91 Å². The summed E-state index contributed by atoms with van der Waals surface area (Å²) >= 11 is 5.82. The van der Waals surface area contributed by atoms with E-state index in [2.05, 4.69) is 10.3 Å². The SMILES string of the molecule is N#Cc1nc(C(=O)NCC(=O)O)c(O)c2ccc(Cl)cc12. The summed E-state index contributed by atoms with van der Waals surface area (Å²) in [7, 11) is 0. The molecule has 0 aliphatic heterocycles. The number of carbonyl (C=O) groups excluding carboxylic acids is 1. The molecule has 0 bridgehead atoms. The topological polar surface area (TPSA) is 123 Å². The van der Waals surface area contributed by atoms with E-state index in [-0.39, 0.29) is 11.1 Å². The molecule has 0 saturated heterocycles. The molecule has 2 rings (SSSR count). The number of fused-ring (bicyclic) bond motifs is 1. The molecule has 0 unspecified atom stereocenters. The predicted octanol–water partition coefficient (Wildman–Crippen LogP) is 1.28. The van der Waals surface area contributed by atoms with Crippen molar-refractivity contribution in [3.8, 4) is 11.8 Å². The van der Waals surface area contributed by atoms with Crippen LogP contribution < -0.4 is 5.32 Å². The van der Waals surface area contributed by atoms with Gasteiger partial charge in [0.05, 0.1) is 0 Å². The quantitative estimate of drug-likeness (QED) is 0.784. The molecular formula is C13H8ClN3O4. The van der Waals surface area contributed by atoms with Crippen molar-refractivity contribution in [1.29, 1.82) is 5.26 Å². The van der Waals surface area contributed by atoms with Crippen LogP contribution in [0.15, 0.2) is 18.2 Å². The Morgan fingerprint density at radius 1 is 1.38 bits per heavy atom. The van der Waals surface area contributed by atoms with Gasteiger partial charge in [-0.25, -0.2) is 4.98 Å². The highest BCUT2D eigenvalue weighted by Crippen LogP contribution is 2.31. The van der Waals surface area contributed by atoms with Gasteiger partial charge >= 0.3 is 5.97 Å². The fourth-order valence-electron chi connectivity index (χ4n) is 1.75. The molecule has 0 radical (unpaired) electrons. The monoisotopic (exact) mass is 305 g/mol. The van der Waals surface area contributed by atoms with Gasteiger partial charge in [-0.15, -0.1) is 0 Å². The van der Waals surface area contributed by atoms with Crippen LogP contribution in [0.3, 0.4) is 0 Å². The summed E-state index contributed by atoms with van der Waals surface area (Å²) in [6, 6.07) is 6.19. The molecule has 0 atom stereocenters. The molecule has 1 heterocycles. The fraction of sp³-hybridized carbons (Fsp3) is 0.0769. The lowest BCUT2D eigenvalue weighted by atomic mass is 10.1. The number of pyridine rings is 1. The van der Waals surface area contributed by atoms with E-state index in [0.717, 1.165) is 0 Å². The minimum Gasteiger partial charge on any atom is -0.505 e. The zero-order valence-electron chi connectivity index (χ0n) is 10.4. The van der Waals surface area contributed by atoms with Crippen LogP contribution in [0.5, 0.6) is 5.75 Å². The molecule has 106 valence electrons. The number of hydrogen-bond acceptors (Lipinski definition) is 5. The van der Waals surface area contributed by atoms with E-state index in [1.807, 2.05) is 6.07 Å². The minimum absolute atomic E-state index is 0.0919. The molecule has 7 nitrogen and oxygen atoms in total. The summed E-state index contributed by atoms with van der Waals surface area (Å²) in [4.78, 5) is 26.0. The summed E-state index contributed by atoms with van der Waals surface area (Å²) in [5.74, 6) is -2.57. The molecule has 0 fully saturated rings. The Morgan fingerprint density at radius 3 is 2.71 bits per heavy atom. The second-order valence-corrected chi connectivity index (χ2v) is 4.47. The van der Waals surface area contributed by atoms with Crippen LogP contribution in [0.2, 0.25) is 5.02 Å². The summed E-state index contributed by atoms with van der Waals surface area (Å²) in [6.07, 6.45) is 0. The smallest absolute Gasteiger partial charge is 0.322 e. The molecule has 3 N–H and O–H groups in total. The maximum Gasteiger partial charge on any atom is 0.322 e. The van der Waals surface area contributed by atoms with E-state index in [1.165, 1.54) is 18.2 Å². The number of aromatic nitrogens is 1. The van der Waals surface area contributed by atoms with Crippen LogP contribution in [0.25, 0.3) is 10.8 Å². The molecule has 2 aromatic rings. The Labute approximate surface area is 123 Å². The number of amides is 1. The number of nitrogens with zero attached hydrogens (tertiary/aromatic N) is 2. The minimum atomic E-state index is -1.24.